The van der Waals surface area contributed by atoms with Crippen molar-refractivity contribution in [2.75, 3.05) is 7.11 Å². The van der Waals surface area contributed by atoms with Crippen molar-refractivity contribution in [3.63, 3.8) is 0 Å². The number of fused-ring (bicyclic) bond motifs is 2. The van der Waals surface area contributed by atoms with Gasteiger partial charge in [0.2, 0.25) is 0 Å². The average molecular weight is 371 g/mol. The highest BCUT2D eigenvalue weighted by atomic mass is 79.9. The van der Waals surface area contributed by atoms with E-state index in [4.69, 9.17) is 4.74 Å². The van der Waals surface area contributed by atoms with Gasteiger partial charge in [-0.05, 0) is 40.2 Å². The van der Waals surface area contributed by atoms with Crippen LogP contribution in [0, 0.1) is 0 Å². The zero-order valence-electron chi connectivity index (χ0n) is 13.0. The van der Waals surface area contributed by atoms with Crippen molar-refractivity contribution in [2.45, 2.75) is 0 Å². The van der Waals surface area contributed by atoms with Crippen molar-refractivity contribution in [2.24, 2.45) is 14.1 Å². The lowest BCUT2D eigenvalue weighted by molar-refractivity contribution is 0.415. The second-order valence-electron chi connectivity index (χ2n) is 5.53. The summed E-state index contributed by atoms with van der Waals surface area (Å²) in [4.78, 5) is 8.97. The zero-order valence-corrected chi connectivity index (χ0v) is 14.6. The van der Waals surface area contributed by atoms with E-state index >= 15 is 0 Å². The Morgan fingerprint density at radius 2 is 2.00 bits per heavy atom. The van der Waals surface area contributed by atoms with Gasteiger partial charge < -0.3 is 13.9 Å². The maximum Gasteiger partial charge on any atom is 0.158 e. The zero-order chi connectivity index (χ0) is 16.1. The molecule has 0 aliphatic rings. The fourth-order valence-electron chi connectivity index (χ4n) is 3.03. The molecule has 6 heteroatoms. The number of methoxy groups -OCH3 is 1. The molecular weight excluding hydrogens is 356 g/mol. The number of aryl methyl sites for hydroxylation is 2. The van der Waals surface area contributed by atoms with E-state index < -0.39 is 0 Å². The summed E-state index contributed by atoms with van der Waals surface area (Å²) < 4.78 is 10.3. The van der Waals surface area contributed by atoms with Crippen LogP contribution in [0.1, 0.15) is 0 Å². The minimum Gasteiger partial charge on any atom is -0.497 e. The van der Waals surface area contributed by atoms with Crippen LogP contribution >= 0.6 is 15.9 Å². The van der Waals surface area contributed by atoms with Crippen LogP contribution in [0.3, 0.4) is 0 Å². The molecule has 0 spiro atoms. The standard InChI is InChI=1S/C17H15BrN4O/c1-21-9-12(11-6-10(23-3)4-5-14(11)21)15-7-13-17(22(15)2)19-8-16(18)20-13/h4-9H,1-3H3. The second kappa shape index (κ2) is 5.09. The maximum atomic E-state index is 5.38. The largest absolute Gasteiger partial charge is 0.497 e. The molecule has 1 aromatic carbocycles. The summed E-state index contributed by atoms with van der Waals surface area (Å²) in [7, 11) is 5.75. The van der Waals surface area contributed by atoms with Crippen LogP contribution in [0.5, 0.6) is 5.75 Å². The van der Waals surface area contributed by atoms with Gasteiger partial charge in [-0.2, -0.15) is 0 Å². The van der Waals surface area contributed by atoms with Crippen LogP contribution in [-0.2, 0) is 14.1 Å². The molecule has 0 fully saturated rings. The molecule has 3 heterocycles. The van der Waals surface area contributed by atoms with E-state index in [1.165, 1.54) is 0 Å². The quantitative estimate of drug-likeness (QED) is 0.537. The summed E-state index contributed by atoms with van der Waals surface area (Å²) in [6.07, 6.45) is 3.85. The van der Waals surface area contributed by atoms with Gasteiger partial charge in [0, 0.05) is 36.8 Å². The number of ether oxygens (including phenoxy) is 1. The van der Waals surface area contributed by atoms with Crippen molar-refractivity contribution >= 4 is 38.0 Å². The monoisotopic (exact) mass is 370 g/mol. The molecule has 0 N–H and O–H groups in total. The van der Waals surface area contributed by atoms with E-state index in [9.17, 15) is 0 Å². The molecule has 4 rings (SSSR count). The fraction of sp³-hybridized carbons (Fsp3) is 0.176. The summed E-state index contributed by atoms with van der Waals surface area (Å²) in [5.74, 6) is 0.850. The van der Waals surface area contributed by atoms with Crippen LogP contribution in [0.4, 0.5) is 0 Å². The first-order valence-corrected chi connectivity index (χ1v) is 7.99. The Balaban J connectivity index is 2.04. The SMILES string of the molecule is COc1ccc2c(c1)c(-c1cc3nc(Br)cnc3n1C)cn2C. The van der Waals surface area contributed by atoms with Gasteiger partial charge in [-0.1, -0.05) is 0 Å². The molecule has 3 aromatic heterocycles. The summed E-state index contributed by atoms with van der Waals surface area (Å²) >= 11 is 3.38. The van der Waals surface area contributed by atoms with Crippen molar-refractivity contribution in [1.29, 1.82) is 0 Å². The summed E-state index contributed by atoms with van der Waals surface area (Å²) in [5.41, 5.74) is 5.12. The van der Waals surface area contributed by atoms with Gasteiger partial charge >= 0.3 is 0 Å². The molecule has 0 atom stereocenters. The number of hydrogen-bond donors (Lipinski definition) is 0. The lowest BCUT2D eigenvalue weighted by Crippen LogP contribution is -1.93. The molecule has 0 amide bonds. The molecule has 0 saturated carbocycles. The van der Waals surface area contributed by atoms with Crippen LogP contribution in [0.25, 0.3) is 33.3 Å². The minimum absolute atomic E-state index is 0.738. The molecule has 0 aliphatic heterocycles. The predicted molar refractivity (Wildman–Crippen MR) is 94.7 cm³/mol. The van der Waals surface area contributed by atoms with Gasteiger partial charge in [0.25, 0.3) is 0 Å². The first-order chi connectivity index (χ1) is 11.1. The smallest absolute Gasteiger partial charge is 0.158 e. The van der Waals surface area contributed by atoms with E-state index in [2.05, 4.69) is 59.4 Å². The van der Waals surface area contributed by atoms with E-state index in [0.717, 1.165) is 43.7 Å². The lowest BCUT2D eigenvalue weighted by Gasteiger charge is -2.04. The Labute approximate surface area is 141 Å². The minimum atomic E-state index is 0.738. The van der Waals surface area contributed by atoms with Crippen LogP contribution in [0.2, 0.25) is 0 Å². The van der Waals surface area contributed by atoms with Crippen LogP contribution in [-0.4, -0.2) is 26.2 Å². The van der Waals surface area contributed by atoms with Gasteiger partial charge in [0.1, 0.15) is 15.9 Å². The Hall–Kier alpha value is -2.34. The van der Waals surface area contributed by atoms with Crippen molar-refractivity contribution in [3.05, 3.63) is 41.3 Å². The number of hydrogen-bond acceptors (Lipinski definition) is 3. The molecule has 23 heavy (non-hydrogen) atoms. The predicted octanol–water partition coefficient (Wildman–Crippen LogP) is 3.90. The molecule has 0 saturated heterocycles. The molecule has 5 nitrogen and oxygen atoms in total. The number of halogens is 1. The molecule has 4 aromatic rings. The van der Waals surface area contributed by atoms with Gasteiger partial charge in [0.05, 0.1) is 19.0 Å². The lowest BCUT2D eigenvalue weighted by atomic mass is 10.1. The molecule has 116 valence electrons. The van der Waals surface area contributed by atoms with E-state index in [-0.39, 0.29) is 0 Å². The Morgan fingerprint density at radius 1 is 1.17 bits per heavy atom. The topological polar surface area (TPSA) is 44.9 Å². The van der Waals surface area contributed by atoms with E-state index in [1.807, 2.05) is 20.2 Å². The highest BCUT2D eigenvalue weighted by molar-refractivity contribution is 9.10. The van der Waals surface area contributed by atoms with Gasteiger partial charge in [-0.3, -0.25) is 0 Å². The Morgan fingerprint density at radius 3 is 2.78 bits per heavy atom. The number of nitrogens with zero attached hydrogens (tertiary/aromatic N) is 4. The third-order valence-corrected chi connectivity index (χ3v) is 4.56. The van der Waals surface area contributed by atoms with Gasteiger partial charge in [-0.15, -0.1) is 0 Å². The normalized spacial score (nSPS) is 11.5. The summed E-state index contributed by atoms with van der Waals surface area (Å²) in [6.45, 7) is 0. The molecule has 0 aliphatic carbocycles. The first kappa shape index (κ1) is 14.3. The molecule has 0 bridgehead atoms. The number of benzene rings is 1. The third-order valence-electron chi connectivity index (χ3n) is 4.17. The highest BCUT2D eigenvalue weighted by Gasteiger charge is 2.15. The average Bonchev–Trinajstić information content (AvgIpc) is 3.04. The summed E-state index contributed by atoms with van der Waals surface area (Å²) in [5, 5.41) is 1.15. The van der Waals surface area contributed by atoms with Crippen molar-refractivity contribution in [3.8, 4) is 17.0 Å². The van der Waals surface area contributed by atoms with E-state index in [1.54, 1.807) is 13.3 Å². The van der Waals surface area contributed by atoms with Gasteiger partial charge in [0.15, 0.2) is 5.65 Å². The number of aromatic nitrogens is 4. The summed E-state index contributed by atoms with van der Waals surface area (Å²) in [6, 6.07) is 8.20. The second-order valence-corrected chi connectivity index (χ2v) is 6.34. The maximum absolute atomic E-state index is 5.38. The number of rotatable bonds is 2. The Kier molecular flexibility index (Phi) is 3.16. The third kappa shape index (κ3) is 2.13. The van der Waals surface area contributed by atoms with Crippen molar-refractivity contribution < 1.29 is 4.74 Å². The molecule has 0 radical (unpaired) electrons. The highest BCUT2D eigenvalue weighted by Crippen LogP contribution is 2.34. The van der Waals surface area contributed by atoms with Gasteiger partial charge in [-0.25, -0.2) is 9.97 Å². The molecular formula is C17H15BrN4O. The van der Waals surface area contributed by atoms with E-state index in [0.29, 0.717) is 0 Å². The molecule has 0 unspecified atom stereocenters. The fourth-order valence-corrected chi connectivity index (χ4v) is 3.32. The first-order valence-electron chi connectivity index (χ1n) is 7.20. The Bertz CT molecular complexity index is 1050. The van der Waals surface area contributed by atoms with Crippen molar-refractivity contribution in [1.82, 2.24) is 19.1 Å². The van der Waals surface area contributed by atoms with Crippen LogP contribution < -0.4 is 4.74 Å². The van der Waals surface area contributed by atoms with Crippen LogP contribution in [0.15, 0.2) is 41.3 Å².